The van der Waals surface area contributed by atoms with Gasteiger partial charge in [0.05, 0.1) is 24.2 Å². The number of nitrogens with one attached hydrogen (secondary N) is 6. The number of nitrogens with zero attached hydrogens (tertiary/aromatic N) is 2. The highest BCUT2D eigenvalue weighted by Gasteiger charge is 2.45. The SMILES string of the molecule is CNC(C)C(=O)NC(C(=O)N1Cc2cc(-c3c(C(N)=O)ccc(C(N)=O)c3-c3ccc4c(c3)CN(C(=O)C(NC(=O)C(C)NC)C(C)(C)C)C(C(=O)N[C@H](C)c3ccccc3F)C4)ccc2CC1C(=O)N[C@H](C)c1ccccc1F)C(C)(C)C. The van der Waals surface area contributed by atoms with E-state index >= 15 is 18.4 Å². The summed E-state index contributed by atoms with van der Waals surface area (Å²) in [6.45, 7) is 17.0. The lowest BCUT2D eigenvalue weighted by Crippen LogP contribution is -2.62. The molecule has 7 rings (SSSR count). The van der Waals surface area contributed by atoms with Gasteiger partial charge in [-0.15, -0.1) is 0 Å². The lowest BCUT2D eigenvalue weighted by molar-refractivity contribution is -0.147. The zero-order chi connectivity index (χ0) is 61.9. The van der Waals surface area contributed by atoms with Gasteiger partial charge < -0.3 is 53.2 Å². The minimum absolute atomic E-state index is 0.00188. The van der Waals surface area contributed by atoms with Gasteiger partial charge in [-0.05, 0) is 122 Å². The molecule has 20 heteroatoms. The first kappa shape index (κ1) is 63.2. The average Bonchev–Trinajstić information content (AvgIpc) is 2.79. The summed E-state index contributed by atoms with van der Waals surface area (Å²) in [5.74, 6) is -5.91. The molecular formula is C64H78F2N10O8. The number of rotatable bonds is 18. The molecule has 2 aliphatic rings. The summed E-state index contributed by atoms with van der Waals surface area (Å²) < 4.78 is 30.1. The van der Waals surface area contributed by atoms with E-state index in [9.17, 15) is 28.8 Å². The fourth-order valence-corrected chi connectivity index (χ4v) is 10.9. The van der Waals surface area contributed by atoms with Gasteiger partial charge in [0.2, 0.25) is 47.3 Å². The smallest absolute Gasteiger partial charge is 0.249 e. The Hall–Kier alpha value is -8.36. The topological polar surface area (TPSA) is 267 Å². The second kappa shape index (κ2) is 25.6. The molecule has 0 saturated heterocycles. The van der Waals surface area contributed by atoms with Crippen molar-refractivity contribution in [2.45, 2.75) is 144 Å². The van der Waals surface area contributed by atoms with Crippen molar-refractivity contribution in [3.63, 3.8) is 0 Å². The van der Waals surface area contributed by atoms with Gasteiger partial charge in [0, 0.05) is 59.3 Å². The molecule has 0 saturated carbocycles. The fraction of sp³-hybridized carbons (Fsp3) is 0.406. The number of likely N-dealkylation sites (N-methyl/N-ethyl adjacent to an activating group) is 2. The number of carbonyl (C=O) groups excluding carboxylic acids is 8. The molecule has 0 bridgehead atoms. The molecule has 0 aliphatic carbocycles. The van der Waals surface area contributed by atoms with E-state index in [-0.39, 0.29) is 59.3 Å². The summed E-state index contributed by atoms with van der Waals surface area (Å²) in [5.41, 5.74) is 14.7. The summed E-state index contributed by atoms with van der Waals surface area (Å²) in [6.07, 6.45) is -0.0255. The van der Waals surface area contributed by atoms with Gasteiger partial charge in [0.15, 0.2) is 0 Å². The molecule has 0 radical (unpaired) electrons. The van der Waals surface area contributed by atoms with Gasteiger partial charge in [0.25, 0.3) is 0 Å². The van der Waals surface area contributed by atoms with Gasteiger partial charge >= 0.3 is 0 Å². The number of primary amides is 2. The van der Waals surface area contributed by atoms with Gasteiger partial charge in [-0.1, -0.05) is 102 Å². The summed E-state index contributed by atoms with van der Waals surface area (Å²) >= 11 is 0. The Morgan fingerprint density at radius 2 is 0.845 bits per heavy atom. The van der Waals surface area contributed by atoms with Gasteiger partial charge in [-0.25, -0.2) is 8.78 Å². The van der Waals surface area contributed by atoms with Crippen LogP contribution in [0.15, 0.2) is 97.1 Å². The quantitative estimate of drug-likeness (QED) is 0.0505. The highest BCUT2D eigenvalue weighted by atomic mass is 19.1. The lowest BCUT2D eigenvalue weighted by Gasteiger charge is -2.41. The van der Waals surface area contributed by atoms with E-state index in [1.807, 2.05) is 0 Å². The number of amides is 8. The molecule has 2 heterocycles. The lowest BCUT2D eigenvalue weighted by atomic mass is 9.81. The molecule has 6 unspecified atom stereocenters. The van der Waals surface area contributed by atoms with Crippen molar-refractivity contribution in [2.24, 2.45) is 22.3 Å². The highest BCUT2D eigenvalue weighted by molar-refractivity contribution is 6.11. The van der Waals surface area contributed by atoms with E-state index in [4.69, 9.17) is 11.5 Å². The normalized spacial score (nSPS) is 17.2. The monoisotopic (exact) mass is 1150 g/mol. The van der Waals surface area contributed by atoms with Crippen LogP contribution in [0, 0.1) is 22.5 Å². The molecule has 5 aromatic carbocycles. The van der Waals surface area contributed by atoms with Crippen LogP contribution in [0.4, 0.5) is 8.78 Å². The molecular weight excluding hydrogens is 1070 g/mol. The van der Waals surface area contributed by atoms with Crippen LogP contribution < -0.4 is 43.4 Å². The second-order valence-electron chi connectivity index (χ2n) is 24.1. The molecule has 446 valence electrons. The summed E-state index contributed by atoms with van der Waals surface area (Å²) in [4.78, 5) is 117. The molecule has 0 spiro atoms. The van der Waals surface area contributed by atoms with Crippen LogP contribution in [0.1, 0.15) is 135 Å². The number of halogens is 2. The van der Waals surface area contributed by atoms with Crippen LogP contribution in [-0.4, -0.2) is 107 Å². The third-order valence-corrected chi connectivity index (χ3v) is 16.1. The first-order chi connectivity index (χ1) is 39.5. The number of nitrogens with two attached hydrogens (primary N) is 2. The Morgan fingerprint density at radius 1 is 0.500 bits per heavy atom. The minimum atomic E-state index is -1.14. The van der Waals surface area contributed by atoms with Crippen molar-refractivity contribution in [1.29, 1.82) is 0 Å². The minimum Gasteiger partial charge on any atom is -0.366 e. The van der Waals surface area contributed by atoms with E-state index in [0.29, 0.717) is 33.4 Å². The second-order valence-corrected chi connectivity index (χ2v) is 24.1. The third-order valence-electron chi connectivity index (χ3n) is 16.1. The number of benzene rings is 5. The van der Waals surface area contributed by atoms with Crippen LogP contribution >= 0.6 is 0 Å². The highest BCUT2D eigenvalue weighted by Crippen LogP contribution is 2.42. The molecule has 84 heavy (non-hydrogen) atoms. The van der Waals surface area contributed by atoms with Gasteiger partial charge in [-0.3, -0.25) is 38.4 Å². The number of fused-ring (bicyclic) bond motifs is 2. The van der Waals surface area contributed by atoms with E-state index in [0.717, 1.165) is 0 Å². The zero-order valence-electron chi connectivity index (χ0n) is 49.8. The molecule has 0 fully saturated rings. The Balaban J connectivity index is 1.35. The molecule has 8 amide bonds. The summed E-state index contributed by atoms with van der Waals surface area (Å²) in [5, 5.41) is 17.4. The van der Waals surface area contributed by atoms with Crippen LogP contribution in [0.5, 0.6) is 0 Å². The van der Waals surface area contributed by atoms with Crippen molar-refractivity contribution in [3.8, 4) is 22.3 Å². The maximum atomic E-state index is 15.2. The molecule has 5 aromatic rings. The predicted octanol–water partition coefficient (Wildman–Crippen LogP) is 6.04. The number of hydrogen-bond acceptors (Lipinski definition) is 10. The van der Waals surface area contributed by atoms with Crippen molar-refractivity contribution < 1.29 is 47.1 Å². The van der Waals surface area contributed by atoms with Crippen LogP contribution in [0.3, 0.4) is 0 Å². The maximum absolute atomic E-state index is 15.2. The van der Waals surface area contributed by atoms with Gasteiger partial charge in [0.1, 0.15) is 35.8 Å². The molecule has 0 aromatic heterocycles. The molecule has 2 aliphatic heterocycles. The predicted molar refractivity (Wildman–Crippen MR) is 316 cm³/mol. The van der Waals surface area contributed by atoms with Crippen LogP contribution in [-0.2, 0) is 54.7 Å². The van der Waals surface area contributed by atoms with E-state index < -0.39 is 118 Å². The van der Waals surface area contributed by atoms with Crippen LogP contribution in [0.2, 0.25) is 0 Å². The van der Waals surface area contributed by atoms with Crippen molar-refractivity contribution in [2.75, 3.05) is 14.1 Å². The Morgan fingerprint density at radius 3 is 1.15 bits per heavy atom. The fourth-order valence-electron chi connectivity index (χ4n) is 10.9. The number of hydrogen-bond donors (Lipinski definition) is 8. The summed E-state index contributed by atoms with van der Waals surface area (Å²) in [6, 6.07) is 17.8. The van der Waals surface area contributed by atoms with Crippen molar-refractivity contribution in [3.05, 3.63) is 153 Å². The largest absolute Gasteiger partial charge is 0.366 e. The number of carbonyl (C=O) groups is 8. The summed E-state index contributed by atoms with van der Waals surface area (Å²) in [7, 11) is 3.23. The van der Waals surface area contributed by atoms with Crippen molar-refractivity contribution >= 4 is 47.3 Å². The first-order valence-corrected chi connectivity index (χ1v) is 28.1. The molecule has 8 atom stereocenters. The van der Waals surface area contributed by atoms with E-state index in [1.54, 1.807) is 156 Å². The first-order valence-electron chi connectivity index (χ1n) is 28.1. The van der Waals surface area contributed by atoms with E-state index in [2.05, 4.69) is 31.9 Å². The Kier molecular flexibility index (Phi) is 19.3. The molecule has 18 nitrogen and oxygen atoms in total. The third kappa shape index (κ3) is 13.7. The van der Waals surface area contributed by atoms with E-state index in [1.165, 1.54) is 34.1 Å². The average molecular weight is 1150 g/mol. The molecule has 10 N–H and O–H groups in total. The Bertz CT molecular complexity index is 3170. The zero-order valence-corrected chi connectivity index (χ0v) is 49.8. The Labute approximate surface area is 489 Å². The van der Waals surface area contributed by atoms with Gasteiger partial charge in [-0.2, -0.15) is 0 Å². The maximum Gasteiger partial charge on any atom is 0.249 e. The van der Waals surface area contributed by atoms with Crippen molar-refractivity contribution in [1.82, 2.24) is 41.7 Å². The standard InChI is InChI=1S/C64H78F2N10O8/c1-33(43-17-13-15-19-47(43)65)71-59(81)49-29-37-21-23-39(27-41(37)31-75(49)61(83)53(63(5,6)7)73-57(79)35(3)69-11)51-45(55(67)77)25-26-46(56(68)78)52(51)40-24-22-38-30-50(60(82)72-34(2)44-18-14-16-20-48(44)66)76(32-42(38)28-40)62(84)54(64(8,9)10)74-58(80)36(4)70-12/h13-28,33-36,49-50,53-54,69-70H,29-32H2,1-12H3,(H2,67,77)(H2,68,78)(H,71,81)(H,72,82)(H,73,79)(H,74,80)/t33-,34-,35?,36?,49?,50?,53?,54?/m1/s1. The van der Waals surface area contributed by atoms with Crippen LogP contribution in [0.25, 0.3) is 22.3 Å².